The number of hydrogen-bond acceptors (Lipinski definition) is 1. The summed E-state index contributed by atoms with van der Waals surface area (Å²) in [4.78, 5) is 11.2. The molecular weight excluding hydrogens is 310 g/mol. The Hall–Kier alpha value is -2.37. The molecule has 0 fully saturated rings. The van der Waals surface area contributed by atoms with Crippen LogP contribution in [0.1, 0.15) is 22.3 Å². The highest BCUT2D eigenvalue weighted by Crippen LogP contribution is 2.33. The first-order valence-electron chi connectivity index (χ1n) is 6.89. The van der Waals surface area contributed by atoms with Crippen molar-refractivity contribution in [3.8, 4) is 11.1 Å². The average molecular weight is 325 g/mol. The fraction of sp³-hybridized carbons (Fsp3) is 0.235. The molecule has 2 rings (SSSR count). The molecule has 1 N–H and O–H groups in total. The van der Waals surface area contributed by atoms with Crippen LogP contribution >= 0.6 is 0 Å². The molecule has 0 heterocycles. The Kier molecular flexibility index (Phi) is 4.73. The normalized spacial score (nSPS) is 11.4. The summed E-state index contributed by atoms with van der Waals surface area (Å²) in [5.74, 6) is -0.800. The third kappa shape index (κ3) is 4.09. The molecule has 0 radical (unpaired) electrons. The summed E-state index contributed by atoms with van der Waals surface area (Å²) in [7, 11) is 0. The van der Waals surface area contributed by atoms with Gasteiger partial charge < -0.3 is 0 Å². The Morgan fingerprint density at radius 3 is 2.35 bits per heavy atom. The van der Waals surface area contributed by atoms with Gasteiger partial charge in [0.1, 0.15) is 0 Å². The second-order valence-electron chi connectivity index (χ2n) is 5.42. The smallest absolute Gasteiger partial charge is 0.272 e. The lowest BCUT2D eigenvalue weighted by Gasteiger charge is -2.12. The summed E-state index contributed by atoms with van der Waals surface area (Å²) >= 11 is 0. The van der Waals surface area contributed by atoms with Crippen molar-refractivity contribution >= 4 is 5.91 Å². The van der Waals surface area contributed by atoms with Gasteiger partial charge in [-0.05, 0) is 53.8 Å². The number of aryl methyl sites for hydroxylation is 2. The molecule has 0 aromatic heterocycles. The van der Waals surface area contributed by atoms with Crippen molar-refractivity contribution < 1.29 is 22.4 Å². The van der Waals surface area contributed by atoms with E-state index in [9.17, 15) is 22.4 Å². The Morgan fingerprint density at radius 2 is 1.74 bits per heavy atom. The summed E-state index contributed by atoms with van der Waals surface area (Å²) in [5, 5.41) is 0. The lowest BCUT2D eigenvalue weighted by atomic mass is 9.95. The van der Waals surface area contributed by atoms with E-state index in [4.69, 9.17) is 0 Å². The van der Waals surface area contributed by atoms with Gasteiger partial charge in [0.05, 0.1) is 12.0 Å². The number of carbonyl (C=O) groups excluding carboxylic acids is 1. The molecule has 0 saturated carbocycles. The van der Waals surface area contributed by atoms with Crippen LogP contribution in [0.2, 0.25) is 0 Å². The Balaban J connectivity index is 2.48. The predicted molar refractivity (Wildman–Crippen MR) is 79.3 cm³/mol. The van der Waals surface area contributed by atoms with Crippen molar-refractivity contribution in [3.05, 3.63) is 58.7 Å². The number of alkyl halides is 3. The van der Waals surface area contributed by atoms with Gasteiger partial charge in [0.15, 0.2) is 0 Å². The Morgan fingerprint density at radius 1 is 1.04 bits per heavy atom. The molecule has 0 saturated heterocycles. The third-order valence-electron chi connectivity index (χ3n) is 3.54. The van der Waals surface area contributed by atoms with Crippen molar-refractivity contribution in [2.45, 2.75) is 26.4 Å². The Labute approximate surface area is 131 Å². The summed E-state index contributed by atoms with van der Waals surface area (Å²) in [5.41, 5.74) is 3.09. The van der Waals surface area contributed by atoms with E-state index >= 15 is 0 Å². The molecule has 23 heavy (non-hydrogen) atoms. The molecule has 2 aromatic rings. The number of hydrogen-bond donors (Lipinski definition) is 1. The summed E-state index contributed by atoms with van der Waals surface area (Å²) in [6, 6.07) is 8.77. The van der Waals surface area contributed by atoms with Crippen LogP contribution in [0, 0.1) is 13.8 Å². The molecular formula is C17H15F4NO. The van der Waals surface area contributed by atoms with Crippen LogP contribution in [0.5, 0.6) is 0 Å². The van der Waals surface area contributed by atoms with E-state index in [1.165, 1.54) is 0 Å². The second kappa shape index (κ2) is 6.40. The molecule has 0 spiro atoms. The van der Waals surface area contributed by atoms with Gasteiger partial charge in [0.25, 0.3) is 5.91 Å². The minimum Gasteiger partial charge on any atom is -0.272 e. The van der Waals surface area contributed by atoms with Crippen molar-refractivity contribution in [1.29, 1.82) is 0 Å². The van der Waals surface area contributed by atoms with Gasteiger partial charge in [-0.25, -0.2) is 0 Å². The fourth-order valence-corrected chi connectivity index (χ4v) is 2.36. The van der Waals surface area contributed by atoms with E-state index in [2.05, 4.69) is 0 Å². The molecule has 2 nitrogen and oxygen atoms in total. The summed E-state index contributed by atoms with van der Waals surface area (Å²) in [6.45, 7) is 3.34. The summed E-state index contributed by atoms with van der Waals surface area (Å²) in [6.07, 6.45) is -4.60. The minimum atomic E-state index is -4.43. The zero-order chi connectivity index (χ0) is 17.2. The number of rotatable bonds is 3. The Bertz CT molecular complexity index is 738. The second-order valence-corrected chi connectivity index (χ2v) is 5.42. The van der Waals surface area contributed by atoms with Crippen LogP contribution in [0.4, 0.5) is 17.7 Å². The molecule has 122 valence electrons. The highest BCUT2D eigenvalue weighted by molar-refractivity contribution is 5.79. The monoisotopic (exact) mass is 325 g/mol. The largest absolute Gasteiger partial charge is 0.416 e. The first kappa shape index (κ1) is 17.0. The topological polar surface area (TPSA) is 29.1 Å². The van der Waals surface area contributed by atoms with Gasteiger partial charge in [0, 0.05) is 0 Å². The standard InChI is InChI=1S/C17H15F4NO/c1-10-5-14(8-15(6-10)17(18,19)20)12-4-3-11(2)13(7-12)9-16(23)22-21/h3-8H,9H2,1-2H3,(H,22,23). The molecule has 0 aliphatic heterocycles. The van der Waals surface area contributed by atoms with Crippen molar-refractivity contribution in [3.63, 3.8) is 0 Å². The third-order valence-corrected chi connectivity index (χ3v) is 3.54. The SMILES string of the molecule is Cc1cc(-c2ccc(C)c(CC(=O)NF)c2)cc(C(F)(F)F)c1. The number of halogens is 4. The molecule has 0 unspecified atom stereocenters. The molecule has 0 atom stereocenters. The zero-order valence-corrected chi connectivity index (χ0v) is 12.6. The van der Waals surface area contributed by atoms with E-state index in [0.717, 1.165) is 23.2 Å². The molecule has 1 amide bonds. The van der Waals surface area contributed by atoms with Crippen LogP contribution < -0.4 is 5.54 Å². The van der Waals surface area contributed by atoms with E-state index < -0.39 is 17.6 Å². The maximum absolute atomic E-state index is 12.9. The molecule has 2 aromatic carbocycles. The maximum atomic E-state index is 12.9. The van der Waals surface area contributed by atoms with Gasteiger partial charge in [-0.2, -0.15) is 18.7 Å². The van der Waals surface area contributed by atoms with E-state index in [1.807, 2.05) is 0 Å². The summed E-state index contributed by atoms with van der Waals surface area (Å²) < 4.78 is 50.9. The van der Waals surface area contributed by atoms with Crippen LogP contribution in [0.3, 0.4) is 0 Å². The zero-order valence-electron chi connectivity index (χ0n) is 12.6. The first-order chi connectivity index (χ1) is 10.7. The van der Waals surface area contributed by atoms with E-state index in [-0.39, 0.29) is 6.42 Å². The lowest BCUT2D eigenvalue weighted by molar-refractivity contribution is -0.137. The van der Waals surface area contributed by atoms with Gasteiger partial charge in [-0.15, -0.1) is 4.48 Å². The van der Waals surface area contributed by atoms with Crippen LogP contribution in [0.15, 0.2) is 36.4 Å². The van der Waals surface area contributed by atoms with Gasteiger partial charge in [-0.1, -0.05) is 24.3 Å². The van der Waals surface area contributed by atoms with Crippen molar-refractivity contribution in [2.75, 3.05) is 0 Å². The van der Waals surface area contributed by atoms with Gasteiger partial charge in [-0.3, -0.25) is 4.79 Å². The molecule has 0 aliphatic carbocycles. The molecule has 0 aliphatic rings. The number of nitrogens with one attached hydrogen (secondary N) is 1. The highest BCUT2D eigenvalue weighted by atomic mass is 19.4. The number of amides is 1. The van der Waals surface area contributed by atoms with E-state index in [1.54, 1.807) is 38.1 Å². The molecule has 6 heteroatoms. The number of benzene rings is 2. The lowest BCUT2D eigenvalue weighted by Crippen LogP contribution is -2.16. The molecule has 0 bridgehead atoms. The maximum Gasteiger partial charge on any atom is 0.416 e. The van der Waals surface area contributed by atoms with Gasteiger partial charge in [0.2, 0.25) is 0 Å². The minimum absolute atomic E-state index is 0.173. The highest BCUT2D eigenvalue weighted by Gasteiger charge is 2.31. The fourth-order valence-electron chi connectivity index (χ4n) is 2.36. The van der Waals surface area contributed by atoms with Crippen molar-refractivity contribution in [2.24, 2.45) is 0 Å². The van der Waals surface area contributed by atoms with Crippen molar-refractivity contribution in [1.82, 2.24) is 5.54 Å². The van der Waals surface area contributed by atoms with Crippen LogP contribution in [-0.4, -0.2) is 5.91 Å². The van der Waals surface area contributed by atoms with Crippen LogP contribution in [-0.2, 0) is 17.4 Å². The average Bonchev–Trinajstić information content (AvgIpc) is 2.47. The van der Waals surface area contributed by atoms with E-state index in [0.29, 0.717) is 22.3 Å². The first-order valence-corrected chi connectivity index (χ1v) is 6.89. The van der Waals surface area contributed by atoms with Crippen LogP contribution in [0.25, 0.3) is 11.1 Å². The predicted octanol–water partition coefficient (Wildman–Crippen LogP) is 4.53. The quantitative estimate of drug-likeness (QED) is 0.652. The number of carbonyl (C=O) groups is 1. The van der Waals surface area contributed by atoms with Gasteiger partial charge >= 0.3 is 6.18 Å².